The maximum Gasteiger partial charge on any atom is 0.272 e. The summed E-state index contributed by atoms with van der Waals surface area (Å²) in [6.45, 7) is 7.61. The Hall–Kier alpha value is -2.69. The number of rotatable bonds is 7. The van der Waals surface area contributed by atoms with Crippen LogP contribution in [-0.4, -0.2) is 29.2 Å². The molecule has 1 heterocycles. The first-order chi connectivity index (χ1) is 10.7. The molecule has 0 atom stereocenters. The molecule has 2 aromatic rings. The van der Waals surface area contributed by atoms with Crippen LogP contribution >= 0.6 is 0 Å². The lowest BCUT2D eigenvalue weighted by Crippen LogP contribution is -2.26. The summed E-state index contributed by atoms with van der Waals surface area (Å²) in [7, 11) is 0. The fourth-order valence-corrected chi connectivity index (χ4v) is 2.03. The molecule has 0 saturated carbocycles. The zero-order valence-electron chi connectivity index (χ0n) is 12.7. The molecule has 1 aromatic heterocycles. The number of aromatic nitrogens is 2. The first-order valence-corrected chi connectivity index (χ1v) is 7.26. The van der Waals surface area contributed by atoms with E-state index in [-0.39, 0.29) is 5.91 Å². The molecule has 5 heteroatoms. The summed E-state index contributed by atoms with van der Waals surface area (Å²) in [6.07, 6.45) is 1.62. The molecule has 0 spiro atoms. The van der Waals surface area contributed by atoms with Crippen molar-refractivity contribution in [3.05, 3.63) is 66.4 Å². The van der Waals surface area contributed by atoms with E-state index >= 15 is 0 Å². The lowest BCUT2D eigenvalue weighted by molar-refractivity contribution is 0.0952. The van der Waals surface area contributed by atoms with Crippen molar-refractivity contribution in [1.29, 1.82) is 0 Å². The molecule has 22 heavy (non-hydrogen) atoms. The van der Waals surface area contributed by atoms with Crippen molar-refractivity contribution in [2.75, 3.05) is 18.0 Å². The second-order valence-corrected chi connectivity index (χ2v) is 4.78. The summed E-state index contributed by atoms with van der Waals surface area (Å²) >= 11 is 0. The van der Waals surface area contributed by atoms with Crippen LogP contribution in [0, 0.1) is 0 Å². The molecule has 0 radical (unpaired) electrons. The molecule has 5 nitrogen and oxygen atoms in total. The van der Waals surface area contributed by atoms with Gasteiger partial charge in [0, 0.05) is 19.6 Å². The average molecular weight is 296 g/mol. The van der Waals surface area contributed by atoms with Crippen LogP contribution in [0.25, 0.3) is 0 Å². The number of hydrogen-bond acceptors (Lipinski definition) is 4. The zero-order valence-corrected chi connectivity index (χ0v) is 12.7. The fourth-order valence-electron chi connectivity index (χ4n) is 2.03. The Balaban J connectivity index is 2.07. The first-order valence-electron chi connectivity index (χ1n) is 7.26. The highest BCUT2D eigenvalue weighted by Crippen LogP contribution is 2.13. The SMILES string of the molecule is C=CCNC(=O)c1ccc(N(CC)Cc2ccccc2)nn1. The number of nitrogens with zero attached hydrogens (tertiary/aromatic N) is 3. The van der Waals surface area contributed by atoms with Gasteiger partial charge >= 0.3 is 0 Å². The van der Waals surface area contributed by atoms with Crippen LogP contribution in [0.5, 0.6) is 0 Å². The zero-order chi connectivity index (χ0) is 15.8. The molecule has 2 rings (SSSR count). The van der Waals surface area contributed by atoms with E-state index in [0.717, 1.165) is 18.9 Å². The summed E-state index contributed by atoms with van der Waals surface area (Å²) in [5.41, 5.74) is 1.51. The second kappa shape index (κ2) is 7.93. The largest absolute Gasteiger partial charge is 0.351 e. The van der Waals surface area contributed by atoms with Crippen molar-refractivity contribution >= 4 is 11.7 Å². The van der Waals surface area contributed by atoms with E-state index in [2.05, 4.69) is 46.0 Å². The van der Waals surface area contributed by atoms with Crippen molar-refractivity contribution in [3.8, 4) is 0 Å². The highest BCUT2D eigenvalue weighted by Gasteiger charge is 2.10. The smallest absolute Gasteiger partial charge is 0.272 e. The molecular weight excluding hydrogens is 276 g/mol. The summed E-state index contributed by atoms with van der Waals surface area (Å²) < 4.78 is 0. The number of amides is 1. The van der Waals surface area contributed by atoms with Crippen molar-refractivity contribution in [2.45, 2.75) is 13.5 Å². The van der Waals surface area contributed by atoms with Crippen LogP contribution in [0.15, 0.2) is 55.1 Å². The Morgan fingerprint density at radius 3 is 2.59 bits per heavy atom. The van der Waals surface area contributed by atoms with Crippen LogP contribution in [0.2, 0.25) is 0 Å². The van der Waals surface area contributed by atoms with E-state index < -0.39 is 0 Å². The predicted octanol–water partition coefficient (Wildman–Crippen LogP) is 2.42. The molecule has 0 aliphatic carbocycles. The van der Waals surface area contributed by atoms with Crippen molar-refractivity contribution in [1.82, 2.24) is 15.5 Å². The van der Waals surface area contributed by atoms with E-state index in [1.54, 1.807) is 12.1 Å². The van der Waals surface area contributed by atoms with Crippen molar-refractivity contribution in [3.63, 3.8) is 0 Å². The number of carbonyl (C=O) groups is 1. The Labute approximate surface area is 130 Å². The minimum absolute atomic E-state index is 0.245. The molecular formula is C17H20N4O. The van der Waals surface area contributed by atoms with Gasteiger partial charge in [0.1, 0.15) is 0 Å². The maximum atomic E-state index is 11.8. The van der Waals surface area contributed by atoms with Gasteiger partial charge in [-0.25, -0.2) is 0 Å². The molecule has 0 fully saturated rings. The highest BCUT2D eigenvalue weighted by molar-refractivity contribution is 5.92. The molecule has 114 valence electrons. The van der Waals surface area contributed by atoms with Gasteiger partial charge in [-0.05, 0) is 24.6 Å². The minimum atomic E-state index is -0.245. The van der Waals surface area contributed by atoms with Gasteiger partial charge in [-0.15, -0.1) is 16.8 Å². The van der Waals surface area contributed by atoms with E-state index in [4.69, 9.17) is 0 Å². The second-order valence-electron chi connectivity index (χ2n) is 4.78. The summed E-state index contributed by atoms with van der Waals surface area (Å²) in [5, 5.41) is 10.8. The predicted molar refractivity (Wildman–Crippen MR) is 87.7 cm³/mol. The van der Waals surface area contributed by atoms with Gasteiger partial charge < -0.3 is 10.2 Å². The number of hydrogen-bond donors (Lipinski definition) is 1. The van der Waals surface area contributed by atoms with E-state index in [9.17, 15) is 4.79 Å². The lowest BCUT2D eigenvalue weighted by Gasteiger charge is -2.21. The molecule has 0 aliphatic rings. The number of benzene rings is 1. The molecule has 0 aliphatic heterocycles. The van der Waals surface area contributed by atoms with Gasteiger partial charge in [-0.2, -0.15) is 0 Å². The van der Waals surface area contributed by atoms with Gasteiger partial charge in [0.2, 0.25) is 0 Å². The van der Waals surface area contributed by atoms with Crippen LogP contribution in [-0.2, 0) is 6.54 Å². The molecule has 0 unspecified atom stereocenters. The maximum absolute atomic E-state index is 11.8. The Morgan fingerprint density at radius 1 is 1.23 bits per heavy atom. The third kappa shape index (κ3) is 4.15. The third-order valence-electron chi connectivity index (χ3n) is 3.21. The molecule has 1 amide bonds. The molecule has 1 N–H and O–H groups in total. The summed E-state index contributed by atoms with van der Waals surface area (Å²) in [5.74, 6) is 0.511. The molecule has 0 bridgehead atoms. The van der Waals surface area contributed by atoms with Crippen molar-refractivity contribution in [2.24, 2.45) is 0 Å². The van der Waals surface area contributed by atoms with E-state index in [0.29, 0.717) is 12.2 Å². The minimum Gasteiger partial charge on any atom is -0.351 e. The summed E-state index contributed by atoms with van der Waals surface area (Å²) in [4.78, 5) is 13.9. The Kier molecular flexibility index (Phi) is 5.65. The first kappa shape index (κ1) is 15.7. The van der Waals surface area contributed by atoms with Crippen LogP contribution in [0.1, 0.15) is 23.0 Å². The van der Waals surface area contributed by atoms with Crippen LogP contribution < -0.4 is 10.2 Å². The Bertz CT molecular complexity index is 610. The van der Waals surface area contributed by atoms with E-state index in [1.165, 1.54) is 5.56 Å². The van der Waals surface area contributed by atoms with Crippen molar-refractivity contribution < 1.29 is 4.79 Å². The van der Waals surface area contributed by atoms with Gasteiger partial charge in [0.25, 0.3) is 5.91 Å². The molecule has 1 aromatic carbocycles. The van der Waals surface area contributed by atoms with Gasteiger partial charge in [0.15, 0.2) is 11.5 Å². The van der Waals surface area contributed by atoms with Crippen LogP contribution in [0.3, 0.4) is 0 Å². The summed E-state index contributed by atoms with van der Waals surface area (Å²) in [6, 6.07) is 13.7. The fraction of sp³-hybridized carbons (Fsp3) is 0.235. The Morgan fingerprint density at radius 2 is 2.00 bits per heavy atom. The van der Waals surface area contributed by atoms with Gasteiger partial charge in [-0.1, -0.05) is 36.4 Å². The number of anilines is 1. The topological polar surface area (TPSA) is 58.1 Å². The number of nitrogens with one attached hydrogen (secondary N) is 1. The monoisotopic (exact) mass is 296 g/mol. The van der Waals surface area contributed by atoms with Gasteiger partial charge in [-0.3, -0.25) is 4.79 Å². The lowest BCUT2D eigenvalue weighted by atomic mass is 10.2. The quantitative estimate of drug-likeness (QED) is 0.797. The van der Waals surface area contributed by atoms with Gasteiger partial charge in [0.05, 0.1) is 0 Å². The number of carbonyl (C=O) groups excluding carboxylic acids is 1. The normalized spacial score (nSPS) is 10.0. The average Bonchev–Trinajstić information content (AvgIpc) is 2.58. The van der Waals surface area contributed by atoms with Crippen LogP contribution in [0.4, 0.5) is 5.82 Å². The van der Waals surface area contributed by atoms with E-state index in [1.807, 2.05) is 24.3 Å². The standard InChI is InChI=1S/C17H20N4O/c1-3-12-18-17(22)15-10-11-16(20-19-15)21(4-2)13-14-8-6-5-7-9-14/h3,5-11H,1,4,12-13H2,2H3,(H,18,22). The highest BCUT2D eigenvalue weighted by atomic mass is 16.1. The third-order valence-corrected chi connectivity index (χ3v) is 3.21. The molecule has 0 saturated heterocycles.